The van der Waals surface area contributed by atoms with E-state index < -0.39 is 47.3 Å². The van der Waals surface area contributed by atoms with Crippen molar-refractivity contribution in [2.75, 3.05) is 13.7 Å². The highest BCUT2D eigenvalue weighted by Crippen LogP contribution is 2.66. The van der Waals surface area contributed by atoms with Crippen molar-refractivity contribution < 1.29 is 43.3 Å². The molecule has 3 saturated carbocycles. The normalized spacial score (nSPS) is 33.2. The monoisotopic (exact) mass is 607 g/mol. The summed E-state index contributed by atoms with van der Waals surface area (Å²) in [4.78, 5) is 76.6. The number of rotatable bonds is 9. The Morgan fingerprint density at radius 3 is 2.45 bits per heavy atom. The number of hydrogen-bond donors (Lipinski definition) is 2. The summed E-state index contributed by atoms with van der Waals surface area (Å²) >= 11 is 0. The molecule has 3 fully saturated rings. The highest BCUT2D eigenvalue weighted by Gasteiger charge is 2.68. The van der Waals surface area contributed by atoms with Gasteiger partial charge in [-0.2, -0.15) is 0 Å². The molecule has 5 rings (SSSR count). The average Bonchev–Trinajstić information content (AvgIpc) is 3.28. The number of fused-ring (bicyclic) bond motifs is 5. The third-order valence-corrected chi connectivity index (χ3v) is 11.1. The first-order chi connectivity index (χ1) is 20.8. The van der Waals surface area contributed by atoms with Crippen molar-refractivity contribution >= 4 is 35.2 Å². The minimum atomic E-state index is -1.82. The van der Waals surface area contributed by atoms with E-state index in [1.807, 2.05) is 6.92 Å². The van der Waals surface area contributed by atoms with Gasteiger partial charge in [0.2, 0.25) is 11.7 Å². The van der Waals surface area contributed by atoms with Crippen molar-refractivity contribution in [3.8, 4) is 0 Å². The highest BCUT2D eigenvalue weighted by molar-refractivity contribution is 5.95. The van der Waals surface area contributed by atoms with Crippen molar-refractivity contribution in [1.82, 2.24) is 5.32 Å². The maximum atomic E-state index is 13.8. The molecule has 10 nitrogen and oxygen atoms in total. The molecule has 4 unspecified atom stereocenters. The van der Waals surface area contributed by atoms with Gasteiger partial charge in [0.05, 0.1) is 13.5 Å². The Morgan fingerprint density at radius 1 is 1.02 bits per heavy atom. The van der Waals surface area contributed by atoms with Crippen LogP contribution in [0.5, 0.6) is 0 Å². The second kappa shape index (κ2) is 12.0. The van der Waals surface area contributed by atoms with Crippen molar-refractivity contribution in [2.45, 2.75) is 83.3 Å². The second-order valence-electron chi connectivity index (χ2n) is 13.3. The number of carbonyl (C=O) groups excluding carboxylic acids is 6. The Balaban J connectivity index is 1.18. The fourth-order valence-electron chi connectivity index (χ4n) is 8.67. The van der Waals surface area contributed by atoms with Gasteiger partial charge in [-0.25, -0.2) is 4.79 Å². The molecular weight excluding hydrogens is 566 g/mol. The predicted octanol–water partition coefficient (Wildman–Crippen LogP) is 3.35. The zero-order chi connectivity index (χ0) is 31.9. The van der Waals surface area contributed by atoms with E-state index in [0.717, 1.165) is 18.4 Å². The molecule has 0 bridgehead atoms. The lowest BCUT2D eigenvalue weighted by Crippen LogP contribution is -2.61. The van der Waals surface area contributed by atoms with Gasteiger partial charge in [-0.1, -0.05) is 49.8 Å². The molecule has 0 aliphatic heterocycles. The number of Topliss-reactive ketones (excluding diaryl/α,β-unsaturated/α-hetero) is 2. The van der Waals surface area contributed by atoms with Crippen LogP contribution in [0.15, 0.2) is 42.0 Å². The van der Waals surface area contributed by atoms with Crippen LogP contribution in [-0.4, -0.2) is 59.6 Å². The standard InChI is InChI=1S/C34H41NO9/c1-32-15-13-22(36)17-21(32)9-10-23-24-14-16-34(42,33(24,2)18-25(37)29(23)32)26(38)19-44-28(40)12-11-27(39)35-30(31(41)43-3)20-7-5-4-6-8-20/h4-8,17,23-24,29-30,42H,9-16,18-19H2,1-3H3,(H,35,39)/t23?,24?,29?,30?,32-,33-,34-/m0/s1. The average molecular weight is 608 g/mol. The maximum absolute atomic E-state index is 13.8. The summed E-state index contributed by atoms with van der Waals surface area (Å²) in [6, 6.07) is 7.51. The van der Waals surface area contributed by atoms with E-state index in [1.54, 1.807) is 36.4 Å². The fraction of sp³-hybridized carbons (Fsp3) is 0.588. The summed E-state index contributed by atoms with van der Waals surface area (Å²) < 4.78 is 9.99. The molecule has 7 atom stereocenters. The number of carbonyl (C=O) groups is 6. The van der Waals surface area contributed by atoms with Gasteiger partial charge in [0.25, 0.3) is 0 Å². The van der Waals surface area contributed by atoms with E-state index in [-0.39, 0.29) is 60.4 Å². The second-order valence-corrected chi connectivity index (χ2v) is 13.3. The lowest BCUT2D eigenvalue weighted by Gasteiger charge is -2.57. The number of ketones is 3. The topological polar surface area (TPSA) is 153 Å². The molecule has 10 heteroatoms. The number of benzene rings is 1. The molecule has 44 heavy (non-hydrogen) atoms. The molecule has 2 N–H and O–H groups in total. The number of amides is 1. The molecule has 0 saturated heterocycles. The summed E-state index contributed by atoms with van der Waals surface area (Å²) in [7, 11) is 1.21. The van der Waals surface area contributed by atoms with Crippen LogP contribution >= 0.6 is 0 Å². The summed E-state index contributed by atoms with van der Waals surface area (Å²) in [6.45, 7) is 3.24. The van der Waals surface area contributed by atoms with E-state index >= 15 is 0 Å². The van der Waals surface area contributed by atoms with Crippen LogP contribution in [0.1, 0.15) is 83.2 Å². The zero-order valence-corrected chi connectivity index (χ0v) is 25.6. The molecular formula is C34H41NO9. The Bertz CT molecular complexity index is 1400. The predicted molar refractivity (Wildman–Crippen MR) is 157 cm³/mol. The largest absolute Gasteiger partial charge is 0.467 e. The first-order valence-electron chi connectivity index (χ1n) is 15.4. The molecule has 4 aliphatic rings. The van der Waals surface area contributed by atoms with Gasteiger partial charge in [0.1, 0.15) is 11.4 Å². The molecule has 0 aromatic heterocycles. The van der Waals surface area contributed by atoms with Gasteiger partial charge in [0, 0.05) is 30.6 Å². The smallest absolute Gasteiger partial charge is 0.333 e. The molecule has 1 aromatic carbocycles. The van der Waals surface area contributed by atoms with Crippen molar-refractivity contribution in [3.63, 3.8) is 0 Å². The molecule has 4 aliphatic carbocycles. The van der Waals surface area contributed by atoms with Crippen LogP contribution in [0.2, 0.25) is 0 Å². The van der Waals surface area contributed by atoms with Gasteiger partial charge in [-0.3, -0.25) is 24.0 Å². The Kier molecular flexibility index (Phi) is 8.68. The van der Waals surface area contributed by atoms with Gasteiger partial charge in [-0.05, 0) is 61.0 Å². The third kappa shape index (κ3) is 5.42. The van der Waals surface area contributed by atoms with Crippen LogP contribution in [0, 0.1) is 28.6 Å². The summed E-state index contributed by atoms with van der Waals surface area (Å²) in [5.74, 6) is -2.83. The number of aliphatic hydroxyl groups is 1. The maximum Gasteiger partial charge on any atom is 0.333 e. The van der Waals surface area contributed by atoms with Crippen LogP contribution in [0.3, 0.4) is 0 Å². The van der Waals surface area contributed by atoms with Crippen LogP contribution in [-0.2, 0) is 38.2 Å². The summed E-state index contributed by atoms with van der Waals surface area (Å²) in [5.41, 5.74) is -1.61. The first kappa shape index (κ1) is 31.8. The van der Waals surface area contributed by atoms with Crippen LogP contribution in [0.25, 0.3) is 0 Å². The van der Waals surface area contributed by atoms with Gasteiger partial charge in [0.15, 0.2) is 18.4 Å². The minimum Gasteiger partial charge on any atom is -0.467 e. The van der Waals surface area contributed by atoms with Crippen molar-refractivity contribution in [1.29, 1.82) is 0 Å². The van der Waals surface area contributed by atoms with Gasteiger partial charge in [-0.15, -0.1) is 0 Å². The lowest BCUT2D eigenvalue weighted by atomic mass is 9.46. The molecule has 0 radical (unpaired) electrons. The zero-order valence-electron chi connectivity index (χ0n) is 25.6. The molecule has 0 spiro atoms. The van der Waals surface area contributed by atoms with Gasteiger partial charge >= 0.3 is 11.9 Å². The van der Waals surface area contributed by atoms with E-state index in [2.05, 4.69) is 12.2 Å². The number of nitrogens with one attached hydrogen (secondary N) is 1. The molecule has 0 heterocycles. The van der Waals surface area contributed by atoms with E-state index in [9.17, 15) is 33.9 Å². The highest BCUT2D eigenvalue weighted by atomic mass is 16.5. The number of hydrogen-bond acceptors (Lipinski definition) is 9. The van der Waals surface area contributed by atoms with Crippen molar-refractivity contribution in [2.24, 2.45) is 28.6 Å². The third-order valence-electron chi connectivity index (χ3n) is 11.1. The number of ether oxygens (including phenoxy) is 2. The number of allylic oxidation sites excluding steroid dienone is 1. The van der Waals surface area contributed by atoms with Crippen molar-refractivity contribution in [3.05, 3.63) is 47.5 Å². The lowest BCUT2D eigenvalue weighted by molar-refractivity contribution is -0.173. The SMILES string of the molecule is COC(=O)C(NC(=O)CCC(=O)OCC(=O)[C@@]1(O)CCC2C3CCC4=CC(=O)CC[C@]4(C)C3C(=O)C[C@@]21C)c1ccccc1. The van der Waals surface area contributed by atoms with Crippen LogP contribution < -0.4 is 5.32 Å². The van der Waals surface area contributed by atoms with Crippen LogP contribution in [0.4, 0.5) is 0 Å². The molecule has 1 aromatic rings. The first-order valence-corrected chi connectivity index (χ1v) is 15.4. The van der Waals surface area contributed by atoms with E-state index in [4.69, 9.17) is 9.47 Å². The summed E-state index contributed by atoms with van der Waals surface area (Å²) in [6.07, 6.45) is 4.44. The van der Waals surface area contributed by atoms with Gasteiger partial charge < -0.3 is 19.9 Å². The van der Waals surface area contributed by atoms with E-state index in [0.29, 0.717) is 24.8 Å². The Hall–Kier alpha value is -3.66. The number of methoxy groups -OCH3 is 1. The molecule has 236 valence electrons. The minimum absolute atomic E-state index is 0.00388. The van der Waals surface area contributed by atoms with E-state index in [1.165, 1.54) is 7.11 Å². The Labute approximate surface area is 256 Å². The summed E-state index contributed by atoms with van der Waals surface area (Å²) in [5, 5.41) is 14.4. The quantitative estimate of drug-likeness (QED) is 0.403. The molecule has 1 amide bonds. The number of esters is 2. The fourth-order valence-corrected chi connectivity index (χ4v) is 8.67. The Morgan fingerprint density at radius 2 is 1.75 bits per heavy atom.